The zero-order valence-electron chi connectivity index (χ0n) is 38.4. The largest absolute Gasteiger partial charge is 0.456 e. The summed E-state index contributed by atoms with van der Waals surface area (Å²) in [7, 11) is 0. The Kier molecular flexibility index (Phi) is 3.39. The first-order chi connectivity index (χ1) is 28.6. The van der Waals surface area contributed by atoms with Gasteiger partial charge >= 0.3 is 0 Å². The Bertz CT molecular complexity index is 3290. The number of rotatable bonds is 4. The number of benzene rings is 8. The number of furan rings is 1. The molecule has 8 aromatic carbocycles. The molecule has 0 atom stereocenters. The monoisotopic (exact) mass is 587 g/mol. The first-order valence-electron chi connectivity index (χ1n) is 21.7. The van der Waals surface area contributed by atoms with Gasteiger partial charge in [-0.2, -0.15) is 0 Å². The van der Waals surface area contributed by atoms with E-state index in [1.54, 1.807) is 0 Å². The Labute approximate surface area is 282 Å². The maximum atomic E-state index is 9.74. The average molecular weight is 588 g/mol. The van der Waals surface area contributed by atoms with Gasteiger partial charge in [0.15, 0.2) is 0 Å². The maximum Gasteiger partial charge on any atom is 0.136 e. The van der Waals surface area contributed by atoms with Crippen LogP contribution in [0.25, 0.3) is 88.0 Å². The van der Waals surface area contributed by atoms with Crippen molar-refractivity contribution in [2.75, 3.05) is 0 Å². The molecular weight excluding hydrogens is 544 g/mol. The smallest absolute Gasteiger partial charge is 0.136 e. The van der Waals surface area contributed by atoms with Crippen molar-refractivity contribution in [3.63, 3.8) is 0 Å². The van der Waals surface area contributed by atoms with E-state index >= 15 is 0 Å². The van der Waals surface area contributed by atoms with Crippen molar-refractivity contribution in [2.45, 2.75) is 0 Å². The lowest BCUT2D eigenvalue weighted by Crippen LogP contribution is -1.91. The van der Waals surface area contributed by atoms with Crippen LogP contribution in [0.15, 0.2) is 174 Å². The van der Waals surface area contributed by atoms with Gasteiger partial charge in [0.05, 0.1) is 20.6 Å². The molecule has 210 valence electrons. The summed E-state index contributed by atoms with van der Waals surface area (Å²) in [5, 5.41) is 2.30. The zero-order chi connectivity index (χ0) is 42.8. The maximum absolute atomic E-state index is 9.74. The Morgan fingerprint density at radius 3 is 1.60 bits per heavy atom. The van der Waals surface area contributed by atoms with Crippen LogP contribution < -0.4 is 0 Å². The molecule has 1 heterocycles. The van der Waals surface area contributed by atoms with Gasteiger partial charge in [0, 0.05) is 10.8 Å². The topological polar surface area (TPSA) is 13.1 Å². The van der Waals surface area contributed by atoms with Crippen molar-refractivity contribution in [3.8, 4) is 44.5 Å². The molecule has 0 spiro atoms. The molecule has 0 saturated heterocycles. The van der Waals surface area contributed by atoms with E-state index in [-0.39, 0.29) is 21.9 Å². The summed E-state index contributed by atoms with van der Waals surface area (Å²) in [6.07, 6.45) is 0. The second-order valence-electron chi connectivity index (χ2n) is 10.5. The summed E-state index contributed by atoms with van der Waals surface area (Å²) < 4.78 is 139. The van der Waals surface area contributed by atoms with E-state index in [0.29, 0.717) is 16.3 Å². The predicted octanol–water partition coefficient (Wildman–Crippen LogP) is 12.6. The van der Waals surface area contributed by atoms with Crippen molar-refractivity contribution in [3.05, 3.63) is 169 Å². The fourth-order valence-corrected chi connectivity index (χ4v) is 5.92. The van der Waals surface area contributed by atoms with E-state index in [1.807, 2.05) is 78.9 Å². The van der Waals surface area contributed by atoms with Crippen molar-refractivity contribution >= 4 is 43.5 Å². The van der Waals surface area contributed by atoms with Crippen LogP contribution in [0.5, 0.6) is 0 Å². The Hall–Kier alpha value is -5.92. The minimum absolute atomic E-state index is 0.0353. The van der Waals surface area contributed by atoms with Crippen LogP contribution in [0.4, 0.5) is 0 Å². The van der Waals surface area contributed by atoms with Gasteiger partial charge in [-0.05, 0) is 96.3 Å². The molecule has 0 amide bonds. The molecule has 9 aromatic rings. The molecule has 0 N–H and O–H groups in total. The molecular formula is C44H28O. The lowest BCUT2D eigenvalue weighted by molar-refractivity contribution is 0.669. The standard InChI is InChI=1S/C44H28O/c1-3-12-29(13-4-1)33-22-24-35-40-27-32(23-25-41(40)45-42(35)28-33)31-16-11-17-34(26-31)44-38-20-9-7-18-36(38)43(30-14-5-2-6-15-30)37-19-8-10-21-39(37)44/h1-28H/i1D,3D,4D,11D,12D,13D,16D,17D,22D,23D,24D,25D,26D,27D,28D. The summed E-state index contributed by atoms with van der Waals surface area (Å²) >= 11 is 0. The summed E-state index contributed by atoms with van der Waals surface area (Å²) in [5.41, 5.74) is -0.446. The lowest BCUT2D eigenvalue weighted by Gasteiger charge is -2.18. The quantitative estimate of drug-likeness (QED) is 0.187. The van der Waals surface area contributed by atoms with E-state index in [1.165, 1.54) is 0 Å². The fourth-order valence-electron chi connectivity index (χ4n) is 5.92. The molecule has 0 fully saturated rings. The van der Waals surface area contributed by atoms with Gasteiger partial charge in [0.2, 0.25) is 0 Å². The van der Waals surface area contributed by atoms with Gasteiger partial charge in [-0.1, -0.05) is 139 Å². The second-order valence-corrected chi connectivity index (χ2v) is 10.5. The number of hydrogen-bond acceptors (Lipinski definition) is 1. The summed E-state index contributed by atoms with van der Waals surface area (Å²) in [4.78, 5) is 0. The molecule has 0 bridgehead atoms. The average Bonchev–Trinajstić information content (AvgIpc) is 3.67. The Morgan fingerprint density at radius 2 is 0.889 bits per heavy atom. The van der Waals surface area contributed by atoms with Crippen LogP contribution in [-0.2, 0) is 0 Å². The van der Waals surface area contributed by atoms with E-state index in [9.17, 15) is 5.48 Å². The van der Waals surface area contributed by atoms with Gasteiger partial charge in [0.1, 0.15) is 11.2 Å². The molecule has 9 rings (SSSR count). The highest BCUT2D eigenvalue weighted by atomic mass is 16.3. The molecule has 0 saturated carbocycles. The highest BCUT2D eigenvalue weighted by Crippen LogP contribution is 2.44. The third-order valence-corrected chi connectivity index (χ3v) is 7.88. The highest BCUT2D eigenvalue weighted by Gasteiger charge is 2.17. The van der Waals surface area contributed by atoms with Crippen LogP contribution >= 0.6 is 0 Å². The van der Waals surface area contributed by atoms with E-state index < -0.39 is 118 Å². The van der Waals surface area contributed by atoms with Gasteiger partial charge in [-0.15, -0.1) is 0 Å². The van der Waals surface area contributed by atoms with Crippen LogP contribution in [0.1, 0.15) is 20.6 Å². The molecule has 0 radical (unpaired) electrons. The molecule has 1 heteroatoms. The normalized spacial score (nSPS) is 16.2. The minimum atomic E-state index is -0.719. The van der Waals surface area contributed by atoms with Crippen molar-refractivity contribution in [1.29, 1.82) is 0 Å². The van der Waals surface area contributed by atoms with Gasteiger partial charge in [-0.25, -0.2) is 0 Å². The molecule has 0 aliphatic heterocycles. The van der Waals surface area contributed by atoms with Crippen molar-refractivity contribution < 1.29 is 25.0 Å². The first-order valence-corrected chi connectivity index (χ1v) is 14.2. The summed E-state index contributed by atoms with van der Waals surface area (Å²) in [6.45, 7) is 0. The molecule has 0 aliphatic rings. The van der Waals surface area contributed by atoms with E-state index in [4.69, 9.17) is 19.5 Å². The minimum Gasteiger partial charge on any atom is -0.456 e. The third kappa shape index (κ3) is 4.24. The molecule has 1 aromatic heterocycles. The third-order valence-electron chi connectivity index (χ3n) is 7.88. The van der Waals surface area contributed by atoms with Crippen LogP contribution in [0.2, 0.25) is 0 Å². The van der Waals surface area contributed by atoms with E-state index in [2.05, 4.69) is 0 Å². The Balaban J connectivity index is 1.38. The van der Waals surface area contributed by atoms with Crippen LogP contribution in [0, 0.1) is 0 Å². The van der Waals surface area contributed by atoms with Crippen molar-refractivity contribution in [1.82, 2.24) is 0 Å². The first kappa shape index (κ1) is 14.7. The zero-order valence-corrected chi connectivity index (χ0v) is 23.4. The number of fused-ring (bicyclic) bond motifs is 5. The summed E-state index contributed by atoms with van der Waals surface area (Å²) in [6, 6.07) is 15.1. The van der Waals surface area contributed by atoms with Crippen LogP contribution in [0.3, 0.4) is 0 Å². The SMILES string of the molecule is [2H]c1c([2H])c([2H])c(-c2c([2H])c([2H])c3c(oc4c([2H])c([2H])c(-c5c([2H])c([2H])c([2H])c(-c6c7ccccc7c(-c7ccccc7)c7ccccc67)c5[2H])c([2H])c43)c2[2H])c([2H])c1[2H]. The van der Waals surface area contributed by atoms with Crippen molar-refractivity contribution in [2.24, 2.45) is 0 Å². The second kappa shape index (κ2) is 10.4. The summed E-state index contributed by atoms with van der Waals surface area (Å²) in [5.74, 6) is 0. The predicted molar refractivity (Wildman–Crippen MR) is 190 cm³/mol. The molecule has 0 aliphatic carbocycles. The van der Waals surface area contributed by atoms with Gasteiger partial charge in [-0.3, -0.25) is 0 Å². The molecule has 1 nitrogen and oxygen atoms in total. The number of hydrogen-bond donors (Lipinski definition) is 0. The molecule has 45 heavy (non-hydrogen) atoms. The highest BCUT2D eigenvalue weighted by molar-refractivity contribution is 6.21. The fraction of sp³-hybridized carbons (Fsp3) is 0. The molecule has 0 unspecified atom stereocenters. The van der Waals surface area contributed by atoms with Gasteiger partial charge in [0.25, 0.3) is 0 Å². The van der Waals surface area contributed by atoms with E-state index in [0.717, 1.165) is 21.9 Å². The van der Waals surface area contributed by atoms with Gasteiger partial charge < -0.3 is 4.42 Å². The Morgan fingerprint density at radius 1 is 0.333 bits per heavy atom. The van der Waals surface area contributed by atoms with Crippen LogP contribution in [-0.4, -0.2) is 0 Å². The lowest BCUT2D eigenvalue weighted by atomic mass is 9.85.